The number of aromatic amines is 1. The van der Waals surface area contributed by atoms with Crippen LogP contribution in [0, 0.1) is 0 Å². The molecular weight excluding hydrogens is 226 g/mol. The van der Waals surface area contributed by atoms with Crippen LogP contribution in [-0.2, 0) is 10.1 Å². The Labute approximate surface area is 82.8 Å². The first-order valence-corrected chi connectivity index (χ1v) is 5.83. The van der Waals surface area contributed by atoms with Gasteiger partial charge in [-0.1, -0.05) is 17.4 Å². The SMILES string of the molecule is O=c1[nH]c2c(S(=O)(=O)O)cccc2s1. The summed E-state index contributed by atoms with van der Waals surface area (Å²) in [6.07, 6.45) is 0. The number of hydrogen-bond donors (Lipinski definition) is 2. The first-order valence-electron chi connectivity index (χ1n) is 3.58. The second-order valence-electron chi connectivity index (χ2n) is 2.62. The normalized spacial score (nSPS) is 12.1. The Hall–Kier alpha value is -1.18. The number of aromatic nitrogens is 1. The van der Waals surface area contributed by atoms with E-state index in [2.05, 4.69) is 4.98 Å². The molecule has 5 nitrogen and oxygen atoms in total. The van der Waals surface area contributed by atoms with Gasteiger partial charge in [0.25, 0.3) is 10.1 Å². The monoisotopic (exact) mass is 231 g/mol. The lowest BCUT2D eigenvalue weighted by molar-refractivity contribution is 0.484. The third-order valence-corrected chi connectivity index (χ3v) is 3.44. The van der Waals surface area contributed by atoms with Gasteiger partial charge in [0.1, 0.15) is 4.90 Å². The molecule has 0 atom stereocenters. The third-order valence-electron chi connectivity index (χ3n) is 1.70. The summed E-state index contributed by atoms with van der Waals surface area (Å²) < 4.78 is 31.1. The van der Waals surface area contributed by atoms with Crippen LogP contribution in [0.15, 0.2) is 27.9 Å². The number of rotatable bonds is 1. The van der Waals surface area contributed by atoms with Crippen molar-refractivity contribution in [2.24, 2.45) is 0 Å². The molecule has 1 aromatic carbocycles. The summed E-state index contributed by atoms with van der Waals surface area (Å²) in [5.74, 6) is 0. The molecule has 0 aliphatic carbocycles. The van der Waals surface area contributed by atoms with Crippen molar-refractivity contribution in [1.82, 2.24) is 4.98 Å². The van der Waals surface area contributed by atoms with E-state index in [0.29, 0.717) is 4.70 Å². The van der Waals surface area contributed by atoms with Gasteiger partial charge in [0.05, 0.1) is 10.2 Å². The van der Waals surface area contributed by atoms with Crippen LogP contribution in [0.4, 0.5) is 0 Å². The molecule has 0 amide bonds. The van der Waals surface area contributed by atoms with E-state index >= 15 is 0 Å². The zero-order chi connectivity index (χ0) is 10.3. The predicted molar refractivity (Wildman–Crippen MR) is 52.3 cm³/mol. The molecule has 2 N–H and O–H groups in total. The zero-order valence-electron chi connectivity index (χ0n) is 6.72. The van der Waals surface area contributed by atoms with Crippen molar-refractivity contribution in [1.29, 1.82) is 0 Å². The van der Waals surface area contributed by atoms with E-state index in [9.17, 15) is 13.2 Å². The highest BCUT2D eigenvalue weighted by atomic mass is 32.2. The zero-order valence-corrected chi connectivity index (χ0v) is 8.35. The predicted octanol–water partition coefficient (Wildman–Crippen LogP) is 0.836. The summed E-state index contributed by atoms with van der Waals surface area (Å²) in [4.78, 5) is 12.7. The highest BCUT2D eigenvalue weighted by molar-refractivity contribution is 7.86. The van der Waals surface area contributed by atoms with E-state index in [0.717, 1.165) is 11.3 Å². The summed E-state index contributed by atoms with van der Waals surface area (Å²) in [6, 6.07) is 4.31. The van der Waals surface area contributed by atoms with Gasteiger partial charge < -0.3 is 4.98 Å². The molecule has 0 fully saturated rings. The van der Waals surface area contributed by atoms with Crippen molar-refractivity contribution in [2.45, 2.75) is 4.90 Å². The average molecular weight is 231 g/mol. The Morgan fingerprint density at radius 1 is 1.36 bits per heavy atom. The van der Waals surface area contributed by atoms with Crippen LogP contribution in [0.25, 0.3) is 10.2 Å². The highest BCUT2D eigenvalue weighted by Gasteiger charge is 2.15. The summed E-state index contributed by atoms with van der Waals surface area (Å²) in [5, 5.41) is 0. The quantitative estimate of drug-likeness (QED) is 0.712. The van der Waals surface area contributed by atoms with E-state index in [1.165, 1.54) is 12.1 Å². The van der Waals surface area contributed by atoms with Crippen LogP contribution < -0.4 is 4.87 Å². The van der Waals surface area contributed by atoms with Crippen LogP contribution in [0.1, 0.15) is 0 Å². The maximum Gasteiger partial charge on any atom is 0.305 e. The fourth-order valence-electron chi connectivity index (χ4n) is 1.16. The largest absolute Gasteiger partial charge is 0.311 e. The van der Waals surface area contributed by atoms with Gasteiger partial charge in [-0.05, 0) is 12.1 Å². The molecule has 2 aromatic rings. The van der Waals surface area contributed by atoms with Crippen molar-refractivity contribution in [3.05, 3.63) is 27.9 Å². The number of fused-ring (bicyclic) bond motifs is 1. The lowest BCUT2D eigenvalue weighted by atomic mass is 10.3. The number of benzene rings is 1. The minimum atomic E-state index is -4.28. The summed E-state index contributed by atoms with van der Waals surface area (Å²) in [5.41, 5.74) is 0.157. The van der Waals surface area contributed by atoms with Gasteiger partial charge >= 0.3 is 4.87 Å². The van der Waals surface area contributed by atoms with Crippen LogP contribution in [0.5, 0.6) is 0 Å². The number of hydrogen-bond acceptors (Lipinski definition) is 4. The van der Waals surface area contributed by atoms with Gasteiger partial charge in [-0.3, -0.25) is 9.35 Å². The fraction of sp³-hybridized carbons (Fsp3) is 0. The maximum atomic E-state index is 11.0. The topological polar surface area (TPSA) is 87.2 Å². The first kappa shape index (κ1) is 9.38. The van der Waals surface area contributed by atoms with E-state index < -0.39 is 10.1 Å². The smallest absolute Gasteiger partial charge is 0.305 e. The Kier molecular flexibility index (Phi) is 1.95. The molecule has 0 saturated heterocycles. The third kappa shape index (κ3) is 1.45. The molecule has 2 rings (SSSR count). The Bertz CT molecular complexity index is 637. The molecule has 7 heteroatoms. The van der Waals surface area contributed by atoms with Crippen LogP contribution >= 0.6 is 11.3 Å². The number of nitrogens with one attached hydrogen (secondary N) is 1. The number of para-hydroxylation sites is 1. The Balaban J connectivity index is 2.98. The highest BCUT2D eigenvalue weighted by Crippen LogP contribution is 2.21. The van der Waals surface area contributed by atoms with Crippen LogP contribution in [0.2, 0.25) is 0 Å². The van der Waals surface area contributed by atoms with E-state index in [1.807, 2.05) is 0 Å². The fourth-order valence-corrected chi connectivity index (χ4v) is 2.66. The van der Waals surface area contributed by atoms with Gasteiger partial charge in [0.15, 0.2) is 0 Å². The molecule has 0 spiro atoms. The lowest BCUT2D eigenvalue weighted by Crippen LogP contribution is -2.00. The number of thiazole rings is 1. The standard InChI is InChI=1S/C7H5NO4S2/c9-7-8-6-4(13-7)2-1-3-5(6)14(10,11)12/h1-3H,(H,8,9)(H,10,11,12). The average Bonchev–Trinajstić information content (AvgIpc) is 2.41. The van der Waals surface area contributed by atoms with Crippen molar-refractivity contribution in [3.63, 3.8) is 0 Å². The first-order chi connectivity index (χ1) is 6.48. The minimum Gasteiger partial charge on any atom is -0.311 e. The molecule has 0 aliphatic rings. The molecule has 0 saturated carbocycles. The van der Waals surface area contributed by atoms with Gasteiger partial charge in [-0.25, -0.2) is 0 Å². The molecular formula is C7H5NO4S2. The second kappa shape index (κ2) is 2.91. The van der Waals surface area contributed by atoms with E-state index in [1.54, 1.807) is 6.07 Å². The molecule has 0 bridgehead atoms. The molecule has 1 aromatic heterocycles. The van der Waals surface area contributed by atoms with Crippen LogP contribution in [-0.4, -0.2) is 18.0 Å². The summed E-state index contributed by atoms with van der Waals surface area (Å²) >= 11 is 0.896. The van der Waals surface area contributed by atoms with E-state index in [4.69, 9.17) is 4.55 Å². The minimum absolute atomic E-state index is 0.157. The van der Waals surface area contributed by atoms with Gasteiger partial charge in [-0.2, -0.15) is 8.42 Å². The lowest BCUT2D eigenvalue weighted by Gasteiger charge is -1.96. The Morgan fingerprint density at radius 3 is 2.71 bits per heavy atom. The van der Waals surface area contributed by atoms with Crippen molar-refractivity contribution in [2.75, 3.05) is 0 Å². The van der Waals surface area contributed by atoms with Crippen molar-refractivity contribution < 1.29 is 13.0 Å². The molecule has 0 unspecified atom stereocenters. The van der Waals surface area contributed by atoms with Gasteiger partial charge in [0.2, 0.25) is 0 Å². The van der Waals surface area contributed by atoms with Crippen molar-refractivity contribution >= 4 is 31.7 Å². The molecule has 1 heterocycles. The maximum absolute atomic E-state index is 11.0. The second-order valence-corrected chi connectivity index (χ2v) is 5.02. The molecule has 0 radical (unpaired) electrons. The molecule has 14 heavy (non-hydrogen) atoms. The molecule has 0 aliphatic heterocycles. The molecule has 74 valence electrons. The van der Waals surface area contributed by atoms with Crippen LogP contribution in [0.3, 0.4) is 0 Å². The van der Waals surface area contributed by atoms with Gasteiger partial charge in [-0.15, -0.1) is 0 Å². The summed E-state index contributed by atoms with van der Waals surface area (Å²) in [7, 11) is -4.28. The van der Waals surface area contributed by atoms with Crippen molar-refractivity contribution in [3.8, 4) is 0 Å². The summed E-state index contributed by atoms with van der Waals surface area (Å²) in [6.45, 7) is 0. The Morgan fingerprint density at radius 2 is 2.07 bits per heavy atom. The number of H-pyrrole nitrogens is 1. The van der Waals surface area contributed by atoms with Gasteiger partial charge in [0, 0.05) is 0 Å². The van der Waals surface area contributed by atoms with E-state index in [-0.39, 0.29) is 15.3 Å².